The highest BCUT2D eigenvalue weighted by Crippen LogP contribution is 2.24. The lowest BCUT2D eigenvalue weighted by Crippen LogP contribution is -2.40. The summed E-state index contributed by atoms with van der Waals surface area (Å²) in [5.41, 5.74) is 1.14. The van der Waals surface area contributed by atoms with Crippen molar-refractivity contribution in [2.45, 2.75) is 24.7 Å². The van der Waals surface area contributed by atoms with Crippen molar-refractivity contribution < 1.29 is 18.0 Å². The molecule has 7 nitrogen and oxygen atoms in total. The molecule has 1 saturated heterocycles. The van der Waals surface area contributed by atoms with Crippen LogP contribution in [0.3, 0.4) is 0 Å². The van der Waals surface area contributed by atoms with Gasteiger partial charge in [0.2, 0.25) is 21.8 Å². The van der Waals surface area contributed by atoms with E-state index in [0.717, 1.165) is 4.31 Å². The highest BCUT2D eigenvalue weighted by molar-refractivity contribution is 7.89. The van der Waals surface area contributed by atoms with Gasteiger partial charge in [0.15, 0.2) is 0 Å². The maximum Gasteiger partial charge on any atom is 0.245 e. The number of sulfonamides is 1. The van der Waals surface area contributed by atoms with E-state index in [0.29, 0.717) is 37.2 Å². The minimum Gasteiger partial charge on any atom is -0.339 e. The lowest BCUT2D eigenvalue weighted by molar-refractivity contribution is -0.130. The van der Waals surface area contributed by atoms with E-state index in [-0.39, 0.29) is 22.6 Å². The Kier molecular flexibility index (Phi) is 6.20. The second-order valence-corrected chi connectivity index (χ2v) is 8.68. The normalized spacial score (nSPS) is 15.8. The van der Waals surface area contributed by atoms with Gasteiger partial charge in [-0.1, -0.05) is 6.58 Å². The molecule has 0 bridgehead atoms. The number of aryl methyl sites for hydroxylation is 1. The Morgan fingerprint density at radius 1 is 1.27 bits per heavy atom. The topological polar surface area (TPSA) is 86.8 Å². The van der Waals surface area contributed by atoms with Gasteiger partial charge in [-0.3, -0.25) is 9.59 Å². The van der Waals surface area contributed by atoms with Gasteiger partial charge in [-0.2, -0.15) is 0 Å². The van der Waals surface area contributed by atoms with Crippen LogP contribution in [0.4, 0.5) is 5.69 Å². The molecule has 0 saturated carbocycles. The maximum absolute atomic E-state index is 12.5. The summed E-state index contributed by atoms with van der Waals surface area (Å²) in [5, 5.41) is 2.85. The number of carbonyl (C=O) groups is 2. The fourth-order valence-electron chi connectivity index (χ4n) is 2.95. The third-order valence-corrected chi connectivity index (χ3v) is 6.53. The van der Waals surface area contributed by atoms with E-state index in [2.05, 4.69) is 11.9 Å². The van der Waals surface area contributed by atoms with Gasteiger partial charge in [-0.15, -0.1) is 0 Å². The molecular weight excluding hydrogens is 354 g/mol. The molecule has 1 aliphatic rings. The van der Waals surface area contributed by atoms with E-state index in [4.69, 9.17) is 0 Å². The minimum atomic E-state index is -3.52. The summed E-state index contributed by atoms with van der Waals surface area (Å²) in [7, 11) is -0.555. The third kappa shape index (κ3) is 4.31. The Balaban J connectivity index is 2.03. The summed E-state index contributed by atoms with van der Waals surface area (Å²) in [5.74, 6) is -0.398. The van der Waals surface area contributed by atoms with Crippen molar-refractivity contribution in [1.29, 1.82) is 0 Å². The van der Waals surface area contributed by atoms with Gasteiger partial charge in [-0.05, 0) is 49.6 Å². The summed E-state index contributed by atoms with van der Waals surface area (Å²) < 4.78 is 25.6. The number of nitrogens with one attached hydrogen (secondary N) is 1. The average Bonchev–Trinajstić information content (AvgIpc) is 2.60. The van der Waals surface area contributed by atoms with Gasteiger partial charge < -0.3 is 10.2 Å². The van der Waals surface area contributed by atoms with Crippen LogP contribution in [0.5, 0.6) is 0 Å². The Morgan fingerprint density at radius 2 is 1.88 bits per heavy atom. The molecular formula is C18H25N3O4S. The smallest absolute Gasteiger partial charge is 0.245 e. The Bertz CT molecular complexity index is 810. The van der Waals surface area contributed by atoms with E-state index >= 15 is 0 Å². The molecule has 0 aliphatic carbocycles. The first-order valence-corrected chi connectivity index (χ1v) is 9.86. The van der Waals surface area contributed by atoms with Crippen molar-refractivity contribution in [2.75, 3.05) is 32.5 Å². The molecule has 2 rings (SSSR count). The maximum atomic E-state index is 12.5. The lowest BCUT2D eigenvalue weighted by Gasteiger charge is -2.30. The lowest BCUT2D eigenvalue weighted by atomic mass is 9.95. The van der Waals surface area contributed by atoms with Crippen LogP contribution < -0.4 is 5.32 Å². The second kappa shape index (κ2) is 8.01. The molecule has 0 radical (unpaired) electrons. The minimum absolute atomic E-state index is 0.113. The van der Waals surface area contributed by atoms with Gasteiger partial charge >= 0.3 is 0 Å². The molecule has 26 heavy (non-hydrogen) atoms. The first kappa shape index (κ1) is 20.1. The first-order valence-electron chi connectivity index (χ1n) is 8.42. The molecule has 1 fully saturated rings. The molecule has 0 aromatic heterocycles. The zero-order valence-electron chi connectivity index (χ0n) is 15.4. The zero-order chi connectivity index (χ0) is 19.5. The second-order valence-electron chi connectivity index (χ2n) is 6.56. The number of anilines is 1. The van der Waals surface area contributed by atoms with Crippen molar-refractivity contribution in [3.05, 3.63) is 36.4 Å². The summed E-state index contributed by atoms with van der Waals surface area (Å²) in [4.78, 5) is 25.9. The van der Waals surface area contributed by atoms with E-state index in [1.165, 1.54) is 26.2 Å². The molecule has 8 heteroatoms. The number of nitrogens with zero attached hydrogens (tertiary/aromatic N) is 2. The molecule has 1 N–H and O–H groups in total. The van der Waals surface area contributed by atoms with Gasteiger partial charge in [0.25, 0.3) is 0 Å². The van der Waals surface area contributed by atoms with E-state index in [1.54, 1.807) is 24.0 Å². The number of rotatable bonds is 5. The molecule has 1 aromatic rings. The molecule has 1 heterocycles. The number of piperidine rings is 1. The Labute approximate surface area is 154 Å². The third-order valence-electron chi connectivity index (χ3n) is 4.55. The van der Waals surface area contributed by atoms with Gasteiger partial charge in [-0.25, -0.2) is 12.7 Å². The largest absolute Gasteiger partial charge is 0.339 e. The molecule has 0 spiro atoms. The molecule has 1 aromatic carbocycles. The summed E-state index contributed by atoms with van der Waals surface area (Å²) >= 11 is 0. The van der Waals surface area contributed by atoms with Crippen LogP contribution in [-0.4, -0.2) is 56.6 Å². The molecule has 1 aliphatic heterocycles. The SMILES string of the molecule is C=CC(=O)N1CCC(C(=O)Nc2ccc(S(=O)(=O)N(C)C)c(C)c2)CC1. The Hall–Kier alpha value is -2.19. The van der Waals surface area contributed by atoms with Crippen LogP contribution in [0.15, 0.2) is 35.7 Å². The monoisotopic (exact) mass is 379 g/mol. The standard InChI is InChI=1S/C18H25N3O4S/c1-5-17(22)21-10-8-14(9-11-21)18(23)19-15-6-7-16(13(2)12-15)26(24,25)20(3)4/h5-7,12,14H,1,8-11H2,2-4H3,(H,19,23). The van der Waals surface area contributed by atoms with Crippen LogP contribution in [0.2, 0.25) is 0 Å². The van der Waals surface area contributed by atoms with Gasteiger partial charge in [0.05, 0.1) is 4.90 Å². The number of amides is 2. The van der Waals surface area contributed by atoms with Crippen molar-refractivity contribution in [3.8, 4) is 0 Å². The van der Waals surface area contributed by atoms with Crippen molar-refractivity contribution >= 4 is 27.5 Å². The van der Waals surface area contributed by atoms with Gasteiger partial charge in [0.1, 0.15) is 0 Å². The molecule has 2 amide bonds. The number of benzene rings is 1. The predicted molar refractivity (Wildman–Crippen MR) is 100 cm³/mol. The quantitative estimate of drug-likeness (QED) is 0.788. The predicted octanol–water partition coefficient (Wildman–Crippen LogP) is 1.61. The van der Waals surface area contributed by atoms with E-state index in [1.807, 2.05) is 0 Å². The zero-order valence-corrected chi connectivity index (χ0v) is 16.2. The highest BCUT2D eigenvalue weighted by Gasteiger charge is 2.27. The fourth-order valence-corrected chi connectivity index (χ4v) is 4.05. The fraction of sp³-hybridized carbons (Fsp3) is 0.444. The first-order chi connectivity index (χ1) is 12.2. The highest BCUT2D eigenvalue weighted by atomic mass is 32.2. The van der Waals surface area contributed by atoms with Crippen molar-refractivity contribution in [2.24, 2.45) is 5.92 Å². The van der Waals surface area contributed by atoms with Gasteiger partial charge in [0, 0.05) is 38.8 Å². The molecule has 0 atom stereocenters. The van der Waals surface area contributed by atoms with Crippen molar-refractivity contribution in [1.82, 2.24) is 9.21 Å². The average molecular weight is 379 g/mol. The van der Waals surface area contributed by atoms with E-state index in [9.17, 15) is 18.0 Å². The van der Waals surface area contributed by atoms with Crippen LogP contribution in [0.1, 0.15) is 18.4 Å². The number of likely N-dealkylation sites (tertiary alicyclic amines) is 1. The number of hydrogen-bond donors (Lipinski definition) is 1. The molecule has 0 unspecified atom stereocenters. The van der Waals surface area contributed by atoms with Crippen LogP contribution >= 0.6 is 0 Å². The van der Waals surface area contributed by atoms with Crippen LogP contribution in [0, 0.1) is 12.8 Å². The van der Waals surface area contributed by atoms with E-state index < -0.39 is 10.0 Å². The van der Waals surface area contributed by atoms with Crippen molar-refractivity contribution in [3.63, 3.8) is 0 Å². The number of carbonyl (C=O) groups excluding carboxylic acids is 2. The Morgan fingerprint density at radius 3 is 2.38 bits per heavy atom. The summed E-state index contributed by atoms with van der Waals surface area (Å²) in [6, 6.07) is 4.76. The summed E-state index contributed by atoms with van der Waals surface area (Å²) in [6.45, 7) is 6.23. The molecule has 142 valence electrons. The van der Waals surface area contributed by atoms with Crippen LogP contribution in [-0.2, 0) is 19.6 Å². The van der Waals surface area contributed by atoms with Crippen LogP contribution in [0.25, 0.3) is 0 Å². The summed E-state index contributed by atoms with van der Waals surface area (Å²) in [6.07, 6.45) is 2.47. The number of hydrogen-bond acceptors (Lipinski definition) is 4.